The summed E-state index contributed by atoms with van der Waals surface area (Å²) in [4.78, 5) is 0. The molecule has 0 spiro atoms. The van der Waals surface area contributed by atoms with Gasteiger partial charge in [0.15, 0.2) is 0 Å². The maximum absolute atomic E-state index is 5.75. The lowest BCUT2D eigenvalue weighted by Gasteiger charge is -2.14. The Kier molecular flexibility index (Phi) is 0.694. The van der Waals surface area contributed by atoms with Gasteiger partial charge in [-0.1, -0.05) is 23.7 Å². The van der Waals surface area contributed by atoms with E-state index in [2.05, 4.69) is 12.1 Å². The first-order chi connectivity index (χ1) is 3.86. The SMILES string of the molecule is Clc1ccc2cc1C2. The number of rotatable bonds is 0. The lowest BCUT2D eigenvalue weighted by molar-refractivity contribution is 1.09. The third kappa shape index (κ3) is 0.411. The van der Waals surface area contributed by atoms with Crippen LogP contribution in [0.4, 0.5) is 0 Å². The van der Waals surface area contributed by atoms with Crippen LogP contribution in [0.25, 0.3) is 0 Å². The monoisotopic (exact) mass is 124 g/mol. The molecule has 0 fully saturated rings. The number of halogens is 1. The van der Waals surface area contributed by atoms with Crippen molar-refractivity contribution in [2.75, 3.05) is 0 Å². The first kappa shape index (κ1) is 4.39. The summed E-state index contributed by atoms with van der Waals surface area (Å²) in [6.45, 7) is 0. The van der Waals surface area contributed by atoms with Gasteiger partial charge in [0.25, 0.3) is 0 Å². The van der Waals surface area contributed by atoms with Gasteiger partial charge in [-0.2, -0.15) is 0 Å². The second kappa shape index (κ2) is 1.26. The molecule has 1 aromatic carbocycles. The van der Waals surface area contributed by atoms with Gasteiger partial charge >= 0.3 is 0 Å². The van der Waals surface area contributed by atoms with E-state index in [1.165, 1.54) is 11.1 Å². The van der Waals surface area contributed by atoms with Gasteiger partial charge in [0.1, 0.15) is 0 Å². The third-order valence-corrected chi connectivity index (χ3v) is 1.87. The van der Waals surface area contributed by atoms with E-state index < -0.39 is 0 Å². The fraction of sp³-hybridized carbons (Fsp3) is 0.143. The number of fused-ring (bicyclic) bond motifs is 2. The lowest BCUT2D eigenvalue weighted by atomic mass is 9.94. The highest BCUT2D eigenvalue weighted by Gasteiger charge is 2.10. The minimum absolute atomic E-state index is 0.917. The Morgan fingerprint density at radius 2 is 2.12 bits per heavy atom. The van der Waals surface area contributed by atoms with Crippen molar-refractivity contribution in [2.24, 2.45) is 0 Å². The van der Waals surface area contributed by atoms with Crippen molar-refractivity contribution < 1.29 is 0 Å². The van der Waals surface area contributed by atoms with Gasteiger partial charge in [0, 0.05) is 5.02 Å². The quantitative estimate of drug-likeness (QED) is 0.505. The fourth-order valence-corrected chi connectivity index (χ4v) is 1.15. The third-order valence-electron chi connectivity index (χ3n) is 1.50. The maximum Gasteiger partial charge on any atom is 0.0441 e. The van der Waals surface area contributed by atoms with Gasteiger partial charge in [0.05, 0.1) is 0 Å². The van der Waals surface area contributed by atoms with E-state index in [9.17, 15) is 0 Å². The molecule has 2 aliphatic rings. The van der Waals surface area contributed by atoms with E-state index in [0.717, 1.165) is 11.4 Å². The maximum atomic E-state index is 5.75. The van der Waals surface area contributed by atoms with E-state index >= 15 is 0 Å². The summed E-state index contributed by atoms with van der Waals surface area (Å²) >= 11 is 5.75. The van der Waals surface area contributed by atoms with E-state index in [-0.39, 0.29) is 0 Å². The van der Waals surface area contributed by atoms with Crippen molar-refractivity contribution in [1.29, 1.82) is 0 Å². The molecule has 0 saturated heterocycles. The van der Waals surface area contributed by atoms with Crippen LogP contribution in [0.5, 0.6) is 0 Å². The first-order valence-corrected chi connectivity index (χ1v) is 3.01. The van der Waals surface area contributed by atoms with Crippen LogP contribution in [0.15, 0.2) is 18.2 Å². The molecular weight excluding hydrogens is 120 g/mol. The van der Waals surface area contributed by atoms with E-state index in [1.807, 2.05) is 6.07 Å². The van der Waals surface area contributed by atoms with Crippen molar-refractivity contribution in [1.82, 2.24) is 0 Å². The molecule has 0 amide bonds. The normalized spacial score (nSPS) is 13.1. The van der Waals surface area contributed by atoms with Crippen molar-refractivity contribution in [3.8, 4) is 0 Å². The summed E-state index contributed by atoms with van der Waals surface area (Å²) in [7, 11) is 0. The molecule has 8 heavy (non-hydrogen) atoms. The van der Waals surface area contributed by atoms with Gasteiger partial charge < -0.3 is 0 Å². The van der Waals surface area contributed by atoms with Gasteiger partial charge in [0.2, 0.25) is 0 Å². The largest absolute Gasteiger partial charge is 0.0840 e. The van der Waals surface area contributed by atoms with E-state index in [0.29, 0.717) is 0 Å². The molecule has 0 unspecified atom stereocenters. The Morgan fingerprint density at radius 1 is 1.38 bits per heavy atom. The van der Waals surface area contributed by atoms with Crippen molar-refractivity contribution in [3.05, 3.63) is 34.3 Å². The van der Waals surface area contributed by atoms with Crippen LogP contribution in [-0.4, -0.2) is 0 Å². The van der Waals surface area contributed by atoms with Gasteiger partial charge in [-0.05, 0) is 23.6 Å². The summed E-state index contributed by atoms with van der Waals surface area (Å²) in [5, 5.41) is 0.917. The zero-order chi connectivity index (χ0) is 5.56. The molecule has 40 valence electrons. The second-order valence-electron chi connectivity index (χ2n) is 2.10. The molecule has 0 nitrogen and oxygen atoms in total. The molecule has 2 aliphatic carbocycles. The van der Waals surface area contributed by atoms with Crippen molar-refractivity contribution in [2.45, 2.75) is 6.42 Å². The highest BCUT2D eigenvalue weighted by molar-refractivity contribution is 6.31. The molecule has 0 heterocycles. The minimum Gasteiger partial charge on any atom is -0.0840 e. The Hall–Kier alpha value is -0.490. The molecule has 0 saturated carbocycles. The predicted molar refractivity (Wildman–Crippen MR) is 34.3 cm³/mol. The Bertz CT molecular complexity index is 219. The molecule has 1 heteroatoms. The van der Waals surface area contributed by atoms with Gasteiger partial charge in [-0.3, -0.25) is 0 Å². The Balaban J connectivity index is 2.72. The summed E-state index contributed by atoms with van der Waals surface area (Å²) < 4.78 is 0. The number of hydrogen-bond acceptors (Lipinski definition) is 0. The molecular formula is C7H5Cl. The summed E-state index contributed by atoms with van der Waals surface area (Å²) in [6.07, 6.45) is 1.09. The molecule has 3 rings (SSSR count). The minimum atomic E-state index is 0.917. The Morgan fingerprint density at radius 3 is 2.38 bits per heavy atom. The van der Waals surface area contributed by atoms with Crippen LogP contribution in [0.1, 0.15) is 11.1 Å². The summed E-state index contributed by atoms with van der Waals surface area (Å²) in [5.74, 6) is 0. The average Bonchev–Trinajstić information content (AvgIpc) is 1.62. The van der Waals surface area contributed by atoms with Crippen LogP contribution in [0.2, 0.25) is 5.02 Å². The van der Waals surface area contributed by atoms with Crippen LogP contribution >= 0.6 is 11.6 Å². The smallest absolute Gasteiger partial charge is 0.0441 e. The Labute approximate surface area is 53.1 Å². The average molecular weight is 125 g/mol. The van der Waals surface area contributed by atoms with Crippen LogP contribution in [0.3, 0.4) is 0 Å². The van der Waals surface area contributed by atoms with Crippen molar-refractivity contribution in [3.63, 3.8) is 0 Å². The van der Waals surface area contributed by atoms with Gasteiger partial charge in [-0.15, -0.1) is 0 Å². The molecule has 0 radical (unpaired) electrons. The second-order valence-corrected chi connectivity index (χ2v) is 2.51. The summed E-state index contributed by atoms with van der Waals surface area (Å²) in [6, 6.07) is 6.15. The zero-order valence-corrected chi connectivity index (χ0v) is 5.07. The standard InChI is InChI=1S/C7H5Cl/c8-7-2-1-5-3-6(7)4-5/h1-3H,4H2. The topological polar surface area (TPSA) is 0 Å². The molecule has 1 aromatic rings. The van der Waals surface area contributed by atoms with E-state index in [4.69, 9.17) is 11.6 Å². The van der Waals surface area contributed by atoms with Crippen LogP contribution in [-0.2, 0) is 6.42 Å². The summed E-state index contributed by atoms with van der Waals surface area (Å²) in [5.41, 5.74) is 2.70. The lowest BCUT2D eigenvalue weighted by Crippen LogP contribution is -1.99. The van der Waals surface area contributed by atoms with Gasteiger partial charge in [-0.25, -0.2) is 0 Å². The highest BCUT2D eigenvalue weighted by atomic mass is 35.5. The molecule has 0 aromatic heterocycles. The fourth-order valence-electron chi connectivity index (χ4n) is 0.962. The van der Waals surface area contributed by atoms with Crippen LogP contribution < -0.4 is 0 Å². The zero-order valence-electron chi connectivity index (χ0n) is 4.32. The number of hydrogen-bond donors (Lipinski definition) is 0. The molecule has 0 aliphatic heterocycles. The van der Waals surface area contributed by atoms with E-state index in [1.54, 1.807) is 0 Å². The van der Waals surface area contributed by atoms with Crippen molar-refractivity contribution >= 4 is 11.6 Å². The molecule has 0 N–H and O–H groups in total. The number of benzene rings is 1. The molecule has 0 atom stereocenters. The first-order valence-electron chi connectivity index (χ1n) is 2.63. The van der Waals surface area contributed by atoms with Crippen LogP contribution in [0, 0.1) is 0 Å². The highest BCUT2D eigenvalue weighted by Crippen LogP contribution is 2.28. The predicted octanol–water partition coefficient (Wildman–Crippen LogP) is 2.24. The molecule has 2 bridgehead atoms.